The van der Waals surface area contributed by atoms with Gasteiger partial charge in [-0.15, -0.1) is 0 Å². The van der Waals surface area contributed by atoms with Crippen LogP contribution in [0.5, 0.6) is 0 Å². The molecular formula is C17H23FN2O2. The highest BCUT2D eigenvalue weighted by Gasteiger charge is 2.48. The molecule has 120 valence electrons. The summed E-state index contributed by atoms with van der Waals surface area (Å²) in [5, 5.41) is 5.67. The first kappa shape index (κ1) is 16.5. The number of carbonyl (C=O) groups excluding carboxylic acids is 2. The average Bonchev–Trinajstić information content (AvgIpc) is 3.19. The number of nitrogens with one attached hydrogen (secondary N) is 2. The topological polar surface area (TPSA) is 58.2 Å². The van der Waals surface area contributed by atoms with Crippen molar-refractivity contribution in [2.45, 2.75) is 39.2 Å². The van der Waals surface area contributed by atoms with E-state index in [9.17, 15) is 14.0 Å². The van der Waals surface area contributed by atoms with E-state index in [-0.39, 0.29) is 35.0 Å². The highest BCUT2D eigenvalue weighted by Crippen LogP contribution is 2.39. The van der Waals surface area contributed by atoms with Crippen molar-refractivity contribution in [3.8, 4) is 0 Å². The van der Waals surface area contributed by atoms with Gasteiger partial charge in [-0.2, -0.15) is 0 Å². The van der Waals surface area contributed by atoms with Crippen molar-refractivity contribution in [1.29, 1.82) is 0 Å². The van der Waals surface area contributed by atoms with Gasteiger partial charge in [0.1, 0.15) is 5.82 Å². The molecule has 2 N–H and O–H groups in total. The summed E-state index contributed by atoms with van der Waals surface area (Å²) in [7, 11) is 0. The molecule has 0 saturated heterocycles. The van der Waals surface area contributed by atoms with Gasteiger partial charge in [0.05, 0.1) is 11.8 Å². The van der Waals surface area contributed by atoms with Crippen LogP contribution in [0.4, 0.5) is 4.39 Å². The number of hydrogen-bond acceptors (Lipinski definition) is 2. The minimum atomic E-state index is -0.286. The predicted octanol–water partition coefficient (Wildman–Crippen LogP) is 2.04. The van der Waals surface area contributed by atoms with Crippen LogP contribution < -0.4 is 10.6 Å². The Hall–Kier alpha value is -1.91. The van der Waals surface area contributed by atoms with E-state index in [4.69, 9.17) is 0 Å². The molecule has 0 bridgehead atoms. The standard InChI is InChI=1S/C17H23FN2O2/c1-17(2,3)20-16(22)13-10-12(13)15(21)19-9-8-11-6-4-5-7-14(11)18/h4-7,12-13H,8-10H2,1-3H3,(H,19,21)(H,20,22). The first-order valence-electron chi connectivity index (χ1n) is 7.61. The summed E-state index contributed by atoms with van der Waals surface area (Å²) in [5.41, 5.74) is 0.298. The van der Waals surface area contributed by atoms with Gasteiger partial charge >= 0.3 is 0 Å². The van der Waals surface area contributed by atoms with E-state index in [1.807, 2.05) is 20.8 Å². The van der Waals surface area contributed by atoms with Crippen molar-refractivity contribution >= 4 is 11.8 Å². The molecule has 0 aliphatic heterocycles. The van der Waals surface area contributed by atoms with E-state index in [1.165, 1.54) is 6.07 Å². The van der Waals surface area contributed by atoms with Gasteiger partial charge in [-0.1, -0.05) is 18.2 Å². The zero-order chi connectivity index (χ0) is 16.3. The quantitative estimate of drug-likeness (QED) is 0.874. The Bertz CT molecular complexity index is 566. The van der Waals surface area contributed by atoms with Crippen molar-refractivity contribution in [3.05, 3.63) is 35.6 Å². The maximum absolute atomic E-state index is 13.4. The van der Waals surface area contributed by atoms with Gasteiger partial charge in [-0.25, -0.2) is 4.39 Å². The highest BCUT2D eigenvalue weighted by molar-refractivity contribution is 5.92. The summed E-state index contributed by atoms with van der Waals surface area (Å²) < 4.78 is 13.4. The van der Waals surface area contributed by atoms with Crippen LogP contribution >= 0.6 is 0 Å². The lowest BCUT2D eigenvalue weighted by atomic mass is 10.1. The van der Waals surface area contributed by atoms with Crippen LogP contribution in [0.3, 0.4) is 0 Å². The minimum absolute atomic E-state index is 0.0678. The minimum Gasteiger partial charge on any atom is -0.356 e. The van der Waals surface area contributed by atoms with Gasteiger partial charge in [0.15, 0.2) is 0 Å². The highest BCUT2D eigenvalue weighted by atomic mass is 19.1. The average molecular weight is 306 g/mol. The predicted molar refractivity (Wildman–Crippen MR) is 82.6 cm³/mol. The smallest absolute Gasteiger partial charge is 0.224 e. The number of rotatable bonds is 5. The van der Waals surface area contributed by atoms with Crippen molar-refractivity contribution in [2.24, 2.45) is 11.8 Å². The van der Waals surface area contributed by atoms with Gasteiger partial charge in [-0.3, -0.25) is 9.59 Å². The van der Waals surface area contributed by atoms with Crippen LogP contribution in [0, 0.1) is 17.7 Å². The third-order valence-electron chi connectivity index (χ3n) is 3.61. The Morgan fingerprint density at radius 3 is 2.45 bits per heavy atom. The van der Waals surface area contributed by atoms with E-state index in [0.717, 1.165) is 0 Å². The van der Waals surface area contributed by atoms with Gasteiger partial charge in [0.25, 0.3) is 0 Å². The summed E-state index contributed by atoms with van der Waals surface area (Å²) in [5.74, 6) is -0.923. The molecule has 1 fully saturated rings. The van der Waals surface area contributed by atoms with E-state index >= 15 is 0 Å². The molecule has 1 aliphatic rings. The van der Waals surface area contributed by atoms with E-state index in [1.54, 1.807) is 18.2 Å². The number of carbonyl (C=O) groups is 2. The number of halogens is 1. The van der Waals surface area contributed by atoms with E-state index in [0.29, 0.717) is 24.9 Å². The zero-order valence-electron chi connectivity index (χ0n) is 13.3. The largest absolute Gasteiger partial charge is 0.356 e. The number of amides is 2. The van der Waals surface area contributed by atoms with Crippen LogP contribution in [0.1, 0.15) is 32.8 Å². The van der Waals surface area contributed by atoms with Crippen molar-refractivity contribution in [1.82, 2.24) is 10.6 Å². The molecule has 2 atom stereocenters. The Morgan fingerprint density at radius 1 is 1.18 bits per heavy atom. The van der Waals surface area contributed by atoms with Crippen molar-refractivity contribution < 1.29 is 14.0 Å². The van der Waals surface area contributed by atoms with E-state index in [2.05, 4.69) is 10.6 Å². The lowest BCUT2D eigenvalue weighted by molar-refractivity contribution is -0.128. The molecule has 0 aromatic heterocycles. The fourth-order valence-electron chi connectivity index (χ4n) is 2.39. The molecule has 4 nitrogen and oxygen atoms in total. The Labute approximate surface area is 130 Å². The molecule has 22 heavy (non-hydrogen) atoms. The summed E-state index contributed by atoms with van der Waals surface area (Å²) in [6, 6.07) is 6.52. The van der Waals surface area contributed by atoms with Gasteiger partial charge < -0.3 is 10.6 Å². The summed E-state index contributed by atoms with van der Waals surface area (Å²) in [6.45, 7) is 6.12. The van der Waals surface area contributed by atoms with Crippen LogP contribution in [0.25, 0.3) is 0 Å². The molecule has 2 rings (SSSR count). The Morgan fingerprint density at radius 2 is 1.82 bits per heavy atom. The lowest BCUT2D eigenvalue weighted by Gasteiger charge is -2.20. The lowest BCUT2D eigenvalue weighted by Crippen LogP contribution is -2.42. The molecular weight excluding hydrogens is 283 g/mol. The maximum Gasteiger partial charge on any atom is 0.224 e. The number of hydrogen-bond donors (Lipinski definition) is 2. The van der Waals surface area contributed by atoms with Crippen LogP contribution in [-0.4, -0.2) is 23.9 Å². The van der Waals surface area contributed by atoms with Crippen LogP contribution in [0.2, 0.25) is 0 Å². The van der Waals surface area contributed by atoms with Crippen molar-refractivity contribution in [2.75, 3.05) is 6.54 Å². The Kier molecular flexibility index (Phi) is 4.84. The summed E-state index contributed by atoms with van der Waals surface area (Å²) in [4.78, 5) is 23.9. The zero-order valence-corrected chi connectivity index (χ0v) is 13.3. The molecule has 0 radical (unpaired) electrons. The van der Waals surface area contributed by atoms with Gasteiger partial charge in [-0.05, 0) is 45.2 Å². The maximum atomic E-state index is 13.4. The molecule has 0 heterocycles. The van der Waals surface area contributed by atoms with Crippen molar-refractivity contribution in [3.63, 3.8) is 0 Å². The molecule has 1 saturated carbocycles. The monoisotopic (exact) mass is 306 g/mol. The second-order valence-electron chi connectivity index (χ2n) is 6.82. The second kappa shape index (κ2) is 6.46. The summed E-state index contributed by atoms with van der Waals surface area (Å²) in [6.07, 6.45) is 1.04. The first-order valence-corrected chi connectivity index (χ1v) is 7.61. The third kappa shape index (κ3) is 4.55. The molecule has 2 amide bonds. The SMILES string of the molecule is CC(C)(C)NC(=O)C1CC1C(=O)NCCc1ccccc1F. The molecule has 1 aliphatic carbocycles. The Balaban J connectivity index is 1.73. The van der Waals surface area contributed by atoms with E-state index < -0.39 is 0 Å². The fraction of sp³-hybridized carbons (Fsp3) is 0.529. The molecule has 2 unspecified atom stereocenters. The number of benzene rings is 1. The molecule has 1 aromatic carbocycles. The van der Waals surface area contributed by atoms with Crippen LogP contribution in [0.15, 0.2) is 24.3 Å². The molecule has 5 heteroatoms. The second-order valence-corrected chi connectivity index (χ2v) is 6.82. The first-order chi connectivity index (χ1) is 10.3. The fourth-order valence-corrected chi connectivity index (χ4v) is 2.39. The molecule has 0 spiro atoms. The third-order valence-corrected chi connectivity index (χ3v) is 3.61. The molecule has 1 aromatic rings. The van der Waals surface area contributed by atoms with Gasteiger partial charge in [0.2, 0.25) is 11.8 Å². The summed E-state index contributed by atoms with van der Waals surface area (Å²) >= 11 is 0. The van der Waals surface area contributed by atoms with Gasteiger partial charge in [0, 0.05) is 12.1 Å². The van der Waals surface area contributed by atoms with Crippen LogP contribution in [-0.2, 0) is 16.0 Å². The normalized spacial score (nSPS) is 20.4.